The normalized spacial score (nSPS) is 15.8. The number of rotatable bonds is 5. The fraction of sp³-hybridized carbons (Fsp3) is 0.722. The summed E-state index contributed by atoms with van der Waals surface area (Å²) in [5.41, 5.74) is -0.333. The maximum atomic E-state index is 12.3. The third kappa shape index (κ3) is 4.96. The Morgan fingerprint density at radius 1 is 1.20 bits per heavy atom. The quantitative estimate of drug-likeness (QED) is 0.811. The topological polar surface area (TPSA) is 67.8 Å². The highest BCUT2D eigenvalue weighted by atomic mass is 16.5. The Morgan fingerprint density at radius 2 is 1.72 bits per heavy atom. The number of ether oxygens (including phenoxy) is 2. The molecule has 1 aliphatic rings. The van der Waals surface area contributed by atoms with E-state index >= 15 is 0 Å². The summed E-state index contributed by atoms with van der Waals surface area (Å²) in [6.45, 7) is 8.40. The Kier molecular flexibility index (Phi) is 6.08. The van der Waals surface area contributed by atoms with E-state index < -0.39 is 0 Å². The fourth-order valence-electron chi connectivity index (χ4n) is 3.10. The molecular weight excluding hydrogens is 320 g/mol. The Labute approximate surface area is 150 Å². The zero-order valence-electron chi connectivity index (χ0n) is 16.2. The largest absolute Gasteiger partial charge is 0.481 e. The molecule has 0 aliphatic carbocycles. The molecule has 1 fully saturated rings. The van der Waals surface area contributed by atoms with E-state index in [1.807, 2.05) is 32.7 Å². The SMILES string of the molecule is COc1cc(OC)nc(N2CCC(CN(C)C(=O)C(C)(C)C)CC2)n1. The van der Waals surface area contributed by atoms with E-state index in [9.17, 15) is 4.79 Å². The molecule has 1 aromatic heterocycles. The summed E-state index contributed by atoms with van der Waals surface area (Å²) in [6.07, 6.45) is 2.01. The average molecular weight is 350 g/mol. The minimum absolute atomic E-state index is 0.191. The molecule has 140 valence electrons. The van der Waals surface area contributed by atoms with Gasteiger partial charge in [-0.2, -0.15) is 9.97 Å². The maximum absolute atomic E-state index is 12.3. The number of methoxy groups -OCH3 is 2. The maximum Gasteiger partial charge on any atom is 0.231 e. The second-order valence-electron chi connectivity index (χ2n) is 7.62. The summed E-state index contributed by atoms with van der Waals surface area (Å²) in [6, 6.07) is 1.67. The molecule has 0 unspecified atom stereocenters. The van der Waals surface area contributed by atoms with Crippen LogP contribution in [0.3, 0.4) is 0 Å². The van der Waals surface area contributed by atoms with Gasteiger partial charge in [0.15, 0.2) is 0 Å². The van der Waals surface area contributed by atoms with Crippen molar-refractivity contribution in [1.82, 2.24) is 14.9 Å². The first-order chi connectivity index (χ1) is 11.7. The van der Waals surface area contributed by atoms with Crippen molar-refractivity contribution in [3.05, 3.63) is 6.07 Å². The monoisotopic (exact) mass is 350 g/mol. The molecule has 0 N–H and O–H groups in total. The van der Waals surface area contributed by atoms with E-state index in [0.717, 1.165) is 32.5 Å². The number of carbonyl (C=O) groups excluding carboxylic acids is 1. The number of hydrogen-bond acceptors (Lipinski definition) is 6. The van der Waals surface area contributed by atoms with Crippen molar-refractivity contribution in [2.75, 3.05) is 45.8 Å². The third-order valence-electron chi connectivity index (χ3n) is 4.50. The van der Waals surface area contributed by atoms with Gasteiger partial charge >= 0.3 is 0 Å². The van der Waals surface area contributed by atoms with Crippen molar-refractivity contribution >= 4 is 11.9 Å². The van der Waals surface area contributed by atoms with Crippen molar-refractivity contribution in [1.29, 1.82) is 0 Å². The summed E-state index contributed by atoms with van der Waals surface area (Å²) >= 11 is 0. The van der Waals surface area contributed by atoms with Gasteiger partial charge in [-0.05, 0) is 18.8 Å². The molecule has 1 aliphatic heterocycles. The molecular formula is C18H30N4O3. The van der Waals surface area contributed by atoms with E-state index in [1.165, 1.54) is 0 Å². The molecule has 0 bridgehead atoms. The van der Waals surface area contributed by atoms with Crippen LogP contribution in [-0.4, -0.2) is 61.7 Å². The summed E-state index contributed by atoms with van der Waals surface area (Å²) in [5.74, 6) is 2.32. The summed E-state index contributed by atoms with van der Waals surface area (Å²) < 4.78 is 10.4. The lowest BCUT2D eigenvalue weighted by Crippen LogP contribution is -2.43. The number of piperidine rings is 1. The van der Waals surface area contributed by atoms with Gasteiger partial charge in [0.05, 0.1) is 20.3 Å². The van der Waals surface area contributed by atoms with Gasteiger partial charge in [-0.15, -0.1) is 0 Å². The van der Waals surface area contributed by atoms with Gasteiger partial charge in [0.2, 0.25) is 23.6 Å². The lowest BCUT2D eigenvalue weighted by Gasteiger charge is -2.35. The second kappa shape index (κ2) is 7.89. The van der Waals surface area contributed by atoms with Gasteiger partial charge in [0.25, 0.3) is 0 Å². The summed E-state index contributed by atoms with van der Waals surface area (Å²) in [4.78, 5) is 25.2. The lowest BCUT2D eigenvalue weighted by molar-refractivity contribution is -0.138. The summed E-state index contributed by atoms with van der Waals surface area (Å²) in [5, 5.41) is 0. The van der Waals surface area contributed by atoms with Gasteiger partial charge in [-0.3, -0.25) is 4.79 Å². The third-order valence-corrected chi connectivity index (χ3v) is 4.50. The first-order valence-electron chi connectivity index (χ1n) is 8.72. The van der Waals surface area contributed by atoms with Gasteiger partial charge in [-0.25, -0.2) is 0 Å². The van der Waals surface area contributed by atoms with E-state index in [4.69, 9.17) is 9.47 Å². The van der Waals surface area contributed by atoms with Gasteiger partial charge in [0.1, 0.15) is 0 Å². The first-order valence-corrected chi connectivity index (χ1v) is 8.72. The molecule has 0 aromatic carbocycles. The van der Waals surface area contributed by atoms with E-state index in [1.54, 1.807) is 20.3 Å². The first kappa shape index (κ1) is 19.3. The van der Waals surface area contributed by atoms with Crippen LogP contribution in [-0.2, 0) is 4.79 Å². The van der Waals surface area contributed by atoms with E-state index in [-0.39, 0.29) is 11.3 Å². The Hall–Kier alpha value is -2.05. The van der Waals surface area contributed by atoms with Crippen LogP contribution in [0, 0.1) is 11.3 Å². The molecule has 0 spiro atoms. The van der Waals surface area contributed by atoms with Crippen LogP contribution < -0.4 is 14.4 Å². The molecule has 25 heavy (non-hydrogen) atoms. The molecule has 2 heterocycles. The van der Waals surface area contributed by atoms with Crippen LogP contribution in [0.4, 0.5) is 5.95 Å². The van der Waals surface area contributed by atoms with Crippen molar-refractivity contribution in [2.45, 2.75) is 33.6 Å². The molecule has 2 rings (SSSR count). The van der Waals surface area contributed by atoms with Gasteiger partial charge in [-0.1, -0.05) is 20.8 Å². The average Bonchev–Trinajstić information content (AvgIpc) is 2.60. The van der Waals surface area contributed by atoms with Crippen molar-refractivity contribution < 1.29 is 14.3 Å². The zero-order chi connectivity index (χ0) is 18.6. The predicted molar refractivity (Wildman–Crippen MR) is 97.2 cm³/mol. The molecule has 7 nitrogen and oxygen atoms in total. The highest BCUT2D eigenvalue weighted by molar-refractivity contribution is 5.81. The number of amides is 1. The van der Waals surface area contributed by atoms with Gasteiger partial charge < -0.3 is 19.3 Å². The smallest absolute Gasteiger partial charge is 0.231 e. The standard InChI is InChI=1S/C18H30N4O3/c1-18(2,3)16(23)21(4)12-13-7-9-22(10-8-13)17-19-14(24-5)11-15(20-17)25-6/h11,13H,7-10,12H2,1-6H3. The fourth-order valence-corrected chi connectivity index (χ4v) is 3.10. The zero-order valence-corrected chi connectivity index (χ0v) is 16.2. The van der Waals surface area contributed by atoms with Crippen LogP contribution in [0.15, 0.2) is 6.07 Å². The number of hydrogen-bond donors (Lipinski definition) is 0. The molecule has 0 saturated carbocycles. The van der Waals surface area contributed by atoms with Gasteiger partial charge in [0, 0.05) is 32.1 Å². The van der Waals surface area contributed by atoms with Crippen molar-refractivity contribution in [2.24, 2.45) is 11.3 Å². The molecule has 1 aromatic rings. The molecule has 7 heteroatoms. The number of aromatic nitrogens is 2. The molecule has 1 saturated heterocycles. The predicted octanol–water partition coefficient (Wildman–Crippen LogP) is 2.21. The second-order valence-corrected chi connectivity index (χ2v) is 7.62. The van der Waals surface area contributed by atoms with Crippen LogP contribution in [0.2, 0.25) is 0 Å². The van der Waals surface area contributed by atoms with Crippen LogP contribution in [0.25, 0.3) is 0 Å². The van der Waals surface area contributed by atoms with Crippen LogP contribution in [0.5, 0.6) is 11.8 Å². The Morgan fingerprint density at radius 3 is 2.16 bits per heavy atom. The van der Waals surface area contributed by atoms with Crippen LogP contribution in [0.1, 0.15) is 33.6 Å². The van der Waals surface area contributed by atoms with Crippen molar-refractivity contribution in [3.8, 4) is 11.8 Å². The highest BCUT2D eigenvalue weighted by Gasteiger charge is 2.28. The minimum atomic E-state index is -0.333. The minimum Gasteiger partial charge on any atom is -0.481 e. The van der Waals surface area contributed by atoms with E-state index in [2.05, 4.69) is 14.9 Å². The van der Waals surface area contributed by atoms with Crippen molar-refractivity contribution in [3.63, 3.8) is 0 Å². The van der Waals surface area contributed by atoms with Crippen LogP contribution >= 0.6 is 0 Å². The molecule has 0 atom stereocenters. The summed E-state index contributed by atoms with van der Waals surface area (Å²) in [7, 11) is 5.07. The van der Waals surface area contributed by atoms with E-state index in [0.29, 0.717) is 23.6 Å². The number of anilines is 1. The molecule has 1 amide bonds. The Balaban J connectivity index is 1.95. The molecule has 0 radical (unpaired) electrons. The Bertz CT molecular complexity index is 570. The lowest BCUT2D eigenvalue weighted by atomic mass is 9.92. The highest BCUT2D eigenvalue weighted by Crippen LogP contribution is 2.26. The number of nitrogens with zero attached hydrogens (tertiary/aromatic N) is 4. The number of carbonyl (C=O) groups is 1.